The van der Waals surface area contributed by atoms with Crippen molar-refractivity contribution in [3.8, 4) is 0 Å². The average molecular weight is 373 g/mol. The normalized spacial score (nSPS) is 12.0. The zero-order chi connectivity index (χ0) is 19.5. The minimum Gasteiger partial charge on any atom is -0.462 e. The van der Waals surface area contributed by atoms with Crippen LogP contribution >= 0.6 is 0 Å². The number of aliphatic hydroxyl groups excluding tert-OH is 1. The van der Waals surface area contributed by atoms with Crippen LogP contribution in [0.15, 0.2) is 0 Å². The number of unbranched alkanes of at least 4 members (excludes halogenated alkanes) is 10. The zero-order valence-electron chi connectivity index (χ0n) is 17.0. The van der Waals surface area contributed by atoms with E-state index in [-0.39, 0.29) is 25.2 Å². The number of carbonyl (C=O) groups is 2. The van der Waals surface area contributed by atoms with E-state index in [0.717, 1.165) is 38.5 Å². The van der Waals surface area contributed by atoms with Gasteiger partial charge in [0.2, 0.25) is 0 Å². The number of ether oxygens (including phenoxy) is 2. The second-order valence-electron chi connectivity index (χ2n) is 7.01. The van der Waals surface area contributed by atoms with E-state index in [1.54, 1.807) is 0 Å². The Hall–Kier alpha value is -1.10. The third kappa shape index (κ3) is 16.4. The summed E-state index contributed by atoms with van der Waals surface area (Å²) < 4.78 is 10.3. The van der Waals surface area contributed by atoms with Gasteiger partial charge in [-0.25, -0.2) is 0 Å². The molecule has 0 aromatic heterocycles. The Morgan fingerprint density at radius 2 is 1.19 bits per heavy atom. The summed E-state index contributed by atoms with van der Waals surface area (Å²) in [6.45, 7) is 3.95. The molecular weight excluding hydrogens is 332 g/mol. The van der Waals surface area contributed by atoms with Crippen molar-refractivity contribution in [3.05, 3.63) is 0 Å². The van der Waals surface area contributed by atoms with Gasteiger partial charge in [0.1, 0.15) is 6.61 Å². The molecule has 0 aliphatic rings. The molecule has 0 spiro atoms. The van der Waals surface area contributed by atoms with E-state index in [2.05, 4.69) is 13.8 Å². The number of rotatable bonds is 18. The molecule has 0 amide bonds. The number of hydrogen-bond donors (Lipinski definition) is 1. The molecule has 1 N–H and O–H groups in total. The standard InChI is InChI=1S/C21H40O5/c1-3-5-7-9-10-12-14-16-21(24)26-19(17-22)18-25-20(23)15-13-11-8-6-4-2/h19,22H,3-18H2,1-2H3. The predicted octanol–water partition coefficient (Wildman–Crippen LogP) is 4.93. The Balaban J connectivity index is 3.69. The summed E-state index contributed by atoms with van der Waals surface area (Å²) in [4.78, 5) is 23.4. The van der Waals surface area contributed by atoms with E-state index in [9.17, 15) is 14.7 Å². The van der Waals surface area contributed by atoms with E-state index >= 15 is 0 Å². The third-order valence-corrected chi connectivity index (χ3v) is 4.40. The lowest BCUT2D eigenvalue weighted by Gasteiger charge is -2.15. The van der Waals surface area contributed by atoms with Crippen LogP contribution in [0, 0.1) is 0 Å². The maximum absolute atomic E-state index is 11.8. The molecule has 5 nitrogen and oxygen atoms in total. The number of esters is 2. The van der Waals surface area contributed by atoms with Gasteiger partial charge in [0, 0.05) is 12.8 Å². The van der Waals surface area contributed by atoms with Gasteiger partial charge >= 0.3 is 11.9 Å². The molecule has 26 heavy (non-hydrogen) atoms. The first kappa shape index (κ1) is 24.9. The Morgan fingerprint density at radius 3 is 1.69 bits per heavy atom. The Morgan fingerprint density at radius 1 is 0.731 bits per heavy atom. The molecule has 0 radical (unpaired) electrons. The SMILES string of the molecule is CCCCCCCCCC(=O)OC(CO)COC(=O)CCCCCCC. The third-order valence-electron chi connectivity index (χ3n) is 4.40. The van der Waals surface area contributed by atoms with Crippen LogP contribution in [0.3, 0.4) is 0 Å². The summed E-state index contributed by atoms with van der Waals surface area (Å²) in [7, 11) is 0. The fourth-order valence-electron chi connectivity index (χ4n) is 2.73. The van der Waals surface area contributed by atoms with E-state index in [1.165, 1.54) is 38.5 Å². The average Bonchev–Trinajstić information content (AvgIpc) is 2.64. The first-order valence-corrected chi connectivity index (χ1v) is 10.6. The van der Waals surface area contributed by atoms with Gasteiger partial charge in [0.25, 0.3) is 0 Å². The maximum atomic E-state index is 11.8. The van der Waals surface area contributed by atoms with Crippen LogP contribution in [-0.4, -0.2) is 36.4 Å². The monoisotopic (exact) mass is 372 g/mol. The van der Waals surface area contributed by atoms with E-state index < -0.39 is 6.10 Å². The smallest absolute Gasteiger partial charge is 0.306 e. The van der Waals surface area contributed by atoms with Gasteiger partial charge in [-0.15, -0.1) is 0 Å². The molecule has 0 aliphatic heterocycles. The highest BCUT2D eigenvalue weighted by molar-refractivity contribution is 5.70. The molecule has 0 rings (SSSR count). The van der Waals surface area contributed by atoms with Gasteiger partial charge in [-0.05, 0) is 12.8 Å². The van der Waals surface area contributed by atoms with Gasteiger partial charge in [-0.2, -0.15) is 0 Å². The van der Waals surface area contributed by atoms with Crippen LogP contribution in [0.1, 0.15) is 104 Å². The van der Waals surface area contributed by atoms with Crippen molar-refractivity contribution in [2.45, 2.75) is 110 Å². The summed E-state index contributed by atoms with van der Waals surface area (Å²) in [6, 6.07) is 0. The number of aliphatic hydroxyl groups is 1. The number of hydrogen-bond acceptors (Lipinski definition) is 5. The molecule has 0 aromatic rings. The van der Waals surface area contributed by atoms with Crippen molar-refractivity contribution in [3.63, 3.8) is 0 Å². The molecule has 0 saturated heterocycles. The fraction of sp³-hybridized carbons (Fsp3) is 0.905. The highest BCUT2D eigenvalue weighted by atomic mass is 16.6. The first-order chi connectivity index (χ1) is 12.6. The van der Waals surface area contributed by atoms with E-state index in [0.29, 0.717) is 12.8 Å². The summed E-state index contributed by atoms with van der Waals surface area (Å²) in [5.74, 6) is -0.615. The van der Waals surface area contributed by atoms with Crippen molar-refractivity contribution in [2.75, 3.05) is 13.2 Å². The zero-order valence-corrected chi connectivity index (χ0v) is 17.0. The van der Waals surface area contributed by atoms with Gasteiger partial charge < -0.3 is 14.6 Å². The number of carbonyl (C=O) groups excluding carboxylic acids is 2. The Bertz CT molecular complexity index is 343. The minimum atomic E-state index is -0.754. The Labute approximate surface area is 159 Å². The van der Waals surface area contributed by atoms with Crippen molar-refractivity contribution >= 4 is 11.9 Å². The van der Waals surface area contributed by atoms with Crippen molar-refractivity contribution in [2.24, 2.45) is 0 Å². The summed E-state index contributed by atoms with van der Waals surface area (Å²) >= 11 is 0. The molecule has 154 valence electrons. The molecule has 0 aliphatic carbocycles. The molecule has 0 bridgehead atoms. The molecular formula is C21H40O5. The van der Waals surface area contributed by atoms with Crippen molar-refractivity contribution < 1.29 is 24.2 Å². The van der Waals surface area contributed by atoms with Crippen molar-refractivity contribution in [1.29, 1.82) is 0 Å². The molecule has 0 saturated carbocycles. The predicted molar refractivity (Wildman–Crippen MR) is 104 cm³/mol. The van der Waals surface area contributed by atoms with Gasteiger partial charge in [0.05, 0.1) is 6.61 Å². The van der Waals surface area contributed by atoms with Crippen LogP contribution < -0.4 is 0 Å². The van der Waals surface area contributed by atoms with E-state index in [1.807, 2.05) is 0 Å². The van der Waals surface area contributed by atoms with Crippen LogP contribution in [0.5, 0.6) is 0 Å². The highest BCUT2D eigenvalue weighted by Crippen LogP contribution is 2.10. The summed E-state index contributed by atoms with van der Waals surface area (Å²) in [6.07, 6.45) is 13.3. The van der Waals surface area contributed by atoms with E-state index in [4.69, 9.17) is 9.47 Å². The van der Waals surface area contributed by atoms with Crippen LogP contribution in [0.25, 0.3) is 0 Å². The molecule has 0 aromatic carbocycles. The summed E-state index contributed by atoms with van der Waals surface area (Å²) in [5.41, 5.74) is 0. The van der Waals surface area contributed by atoms with Crippen LogP contribution in [0.2, 0.25) is 0 Å². The quantitative estimate of drug-likeness (QED) is 0.273. The van der Waals surface area contributed by atoms with Crippen molar-refractivity contribution in [1.82, 2.24) is 0 Å². The minimum absolute atomic E-state index is 0.0624. The van der Waals surface area contributed by atoms with Gasteiger partial charge in [0.15, 0.2) is 6.10 Å². The molecule has 1 atom stereocenters. The van der Waals surface area contributed by atoms with Gasteiger partial charge in [-0.3, -0.25) is 9.59 Å². The lowest BCUT2D eigenvalue weighted by Crippen LogP contribution is -2.28. The van der Waals surface area contributed by atoms with Gasteiger partial charge in [-0.1, -0.05) is 78.1 Å². The lowest BCUT2D eigenvalue weighted by molar-refractivity contribution is -0.161. The largest absolute Gasteiger partial charge is 0.462 e. The second kappa shape index (κ2) is 18.7. The summed E-state index contributed by atoms with van der Waals surface area (Å²) in [5, 5.41) is 9.28. The fourth-order valence-corrected chi connectivity index (χ4v) is 2.73. The molecule has 0 heterocycles. The van der Waals surface area contributed by atoms with Crippen LogP contribution in [-0.2, 0) is 19.1 Å². The topological polar surface area (TPSA) is 72.8 Å². The second-order valence-corrected chi connectivity index (χ2v) is 7.01. The first-order valence-electron chi connectivity index (χ1n) is 10.6. The highest BCUT2D eigenvalue weighted by Gasteiger charge is 2.15. The lowest BCUT2D eigenvalue weighted by atomic mass is 10.1. The van der Waals surface area contributed by atoms with Crippen LogP contribution in [0.4, 0.5) is 0 Å². The Kier molecular flexibility index (Phi) is 17.9. The molecule has 5 heteroatoms. The molecule has 0 fully saturated rings. The molecule has 1 unspecified atom stereocenters. The maximum Gasteiger partial charge on any atom is 0.306 e.